The van der Waals surface area contributed by atoms with E-state index in [-0.39, 0.29) is 6.04 Å². The molecule has 1 aliphatic rings. The monoisotopic (exact) mass is 283 g/mol. The van der Waals surface area contributed by atoms with Crippen molar-refractivity contribution in [2.45, 2.75) is 19.4 Å². The quantitative estimate of drug-likeness (QED) is 0.934. The molecule has 0 amide bonds. The van der Waals surface area contributed by atoms with Gasteiger partial charge in [-0.05, 0) is 49.2 Å². The predicted molar refractivity (Wildman–Crippen MR) is 84.1 cm³/mol. The minimum Gasteiger partial charge on any atom is -0.486 e. The molecule has 0 saturated heterocycles. The van der Waals surface area contributed by atoms with Crippen LogP contribution in [0, 0.1) is 6.92 Å². The van der Waals surface area contributed by atoms with Crippen molar-refractivity contribution in [3.8, 4) is 11.5 Å². The van der Waals surface area contributed by atoms with Gasteiger partial charge in [0.05, 0.1) is 0 Å². The molecular weight excluding hydrogens is 262 g/mol. The van der Waals surface area contributed by atoms with E-state index in [1.165, 1.54) is 16.7 Å². The SMILES string of the molecule is CNC(Cc1ccccc1C)c1ccc2c(c1)OCCO2. The summed E-state index contributed by atoms with van der Waals surface area (Å²) in [6, 6.07) is 15.0. The summed E-state index contributed by atoms with van der Waals surface area (Å²) < 4.78 is 11.3. The van der Waals surface area contributed by atoms with Crippen LogP contribution in [0.5, 0.6) is 11.5 Å². The Labute approximate surface area is 125 Å². The number of ether oxygens (including phenoxy) is 2. The second kappa shape index (κ2) is 6.19. The molecule has 1 N–H and O–H groups in total. The largest absolute Gasteiger partial charge is 0.486 e. The van der Waals surface area contributed by atoms with Gasteiger partial charge in [0.15, 0.2) is 11.5 Å². The van der Waals surface area contributed by atoms with Crippen LogP contribution in [0.25, 0.3) is 0 Å². The van der Waals surface area contributed by atoms with Crippen molar-refractivity contribution in [3.05, 3.63) is 59.2 Å². The van der Waals surface area contributed by atoms with Crippen molar-refractivity contribution in [1.29, 1.82) is 0 Å². The first kappa shape index (κ1) is 14.0. The van der Waals surface area contributed by atoms with Crippen LogP contribution in [-0.2, 0) is 6.42 Å². The first-order valence-corrected chi connectivity index (χ1v) is 7.39. The summed E-state index contributed by atoms with van der Waals surface area (Å²) in [6.07, 6.45) is 0.961. The molecule has 0 spiro atoms. The molecule has 0 fully saturated rings. The molecule has 3 nitrogen and oxygen atoms in total. The van der Waals surface area contributed by atoms with Crippen LogP contribution in [-0.4, -0.2) is 20.3 Å². The maximum Gasteiger partial charge on any atom is 0.161 e. The molecule has 0 radical (unpaired) electrons. The molecule has 1 atom stereocenters. The standard InChI is InChI=1S/C18H21NO2/c1-13-5-3-4-6-14(13)11-16(19-2)15-7-8-17-18(12-15)21-10-9-20-17/h3-8,12,16,19H,9-11H2,1-2H3. The van der Waals surface area contributed by atoms with Gasteiger partial charge in [-0.25, -0.2) is 0 Å². The molecule has 0 aromatic heterocycles. The molecule has 1 heterocycles. The molecule has 2 aromatic carbocycles. The molecule has 2 aromatic rings. The first-order valence-electron chi connectivity index (χ1n) is 7.39. The van der Waals surface area contributed by atoms with E-state index >= 15 is 0 Å². The van der Waals surface area contributed by atoms with E-state index in [0.29, 0.717) is 13.2 Å². The summed E-state index contributed by atoms with van der Waals surface area (Å²) in [5.74, 6) is 1.69. The summed E-state index contributed by atoms with van der Waals surface area (Å²) in [6.45, 7) is 3.41. The molecule has 0 aliphatic carbocycles. The van der Waals surface area contributed by atoms with Crippen LogP contribution in [0.2, 0.25) is 0 Å². The van der Waals surface area contributed by atoms with Crippen LogP contribution in [0.1, 0.15) is 22.7 Å². The van der Waals surface area contributed by atoms with Gasteiger partial charge < -0.3 is 14.8 Å². The van der Waals surface area contributed by atoms with Gasteiger partial charge in [-0.15, -0.1) is 0 Å². The average molecular weight is 283 g/mol. The normalized spacial score (nSPS) is 14.8. The van der Waals surface area contributed by atoms with Crippen LogP contribution in [0.15, 0.2) is 42.5 Å². The topological polar surface area (TPSA) is 30.5 Å². The Kier molecular flexibility index (Phi) is 4.11. The fourth-order valence-electron chi connectivity index (χ4n) is 2.72. The van der Waals surface area contributed by atoms with Gasteiger partial charge in [-0.3, -0.25) is 0 Å². The van der Waals surface area contributed by atoms with Crippen LogP contribution in [0.3, 0.4) is 0 Å². The molecule has 0 bridgehead atoms. The number of hydrogen-bond donors (Lipinski definition) is 1. The van der Waals surface area contributed by atoms with Crippen molar-refractivity contribution in [3.63, 3.8) is 0 Å². The number of likely N-dealkylation sites (N-methyl/N-ethyl adjacent to an activating group) is 1. The second-order valence-electron chi connectivity index (χ2n) is 5.37. The van der Waals surface area contributed by atoms with Crippen molar-refractivity contribution in [1.82, 2.24) is 5.32 Å². The van der Waals surface area contributed by atoms with Gasteiger partial charge in [-0.2, -0.15) is 0 Å². The van der Waals surface area contributed by atoms with Gasteiger partial charge in [0.25, 0.3) is 0 Å². The third-order valence-electron chi connectivity index (χ3n) is 4.00. The fraction of sp³-hybridized carbons (Fsp3) is 0.333. The number of benzene rings is 2. The average Bonchev–Trinajstić information content (AvgIpc) is 2.54. The number of nitrogens with one attached hydrogen (secondary N) is 1. The van der Waals surface area contributed by atoms with E-state index in [1.54, 1.807) is 0 Å². The molecule has 21 heavy (non-hydrogen) atoms. The van der Waals surface area contributed by atoms with Crippen molar-refractivity contribution in [2.24, 2.45) is 0 Å². The van der Waals surface area contributed by atoms with E-state index in [4.69, 9.17) is 9.47 Å². The zero-order valence-electron chi connectivity index (χ0n) is 12.6. The van der Waals surface area contributed by atoms with Crippen molar-refractivity contribution in [2.75, 3.05) is 20.3 Å². The molecule has 3 heteroatoms. The van der Waals surface area contributed by atoms with Gasteiger partial charge in [0.1, 0.15) is 13.2 Å². The highest BCUT2D eigenvalue weighted by molar-refractivity contribution is 5.45. The van der Waals surface area contributed by atoms with E-state index in [2.05, 4.69) is 48.6 Å². The molecule has 1 aliphatic heterocycles. The number of fused-ring (bicyclic) bond motifs is 1. The maximum atomic E-state index is 5.68. The predicted octanol–water partition coefficient (Wildman–Crippen LogP) is 3.27. The number of aryl methyl sites for hydroxylation is 1. The summed E-state index contributed by atoms with van der Waals surface area (Å²) in [5.41, 5.74) is 3.92. The highest BCUT2D eigenvalue weighted by atomic mass is 16.6. The minimum absolute atomic E-state index is 0.266. The second-order valence-corrected chi connectivity index (χ2v) is 5.37. The Bertz CT molecular complexity index is 624. The lowest BCUT2D eigenvalue weighted by atomic mass is 9.96. The lowest BCUT2D eigenvalue weighted by Crippen LogP contribution is -2.20. The number of rotatable bonds is 4. The van der Waals surface area contributed by atoms with E-state index < -0.39 is 0 Å². The van der Waals surface area contributed by atoms with E-state index in [0.717, 1.165) is 17.9 Å². The number of hydrogen-bond acceptors (Lipinski definition) is 3. The van der Waals surface area contributed by atoms with Crippen LogP contribution in [0.4, 0.5) is 0 Å². The Morgan fingerprint density at radius 3 is 2.57 bits per heavy atom. The maximum absolute atomic E-state index is 5.68. The highest BCUT2D eigenvalue weighted by Gasteiger charge is 2.16. The smallest absolute Gasteiger partial charge is 0.161 e. The molecule has 1 unspecified atom stereocenters. The third kappa shape index (κ3) is 3.03. The van der Waals surface area contributed by atoms with Gasteiger partial charge in [0, 0.05) is 6.04 Å². The van der Waals surface area contributed by atoms with Gasteiger partial charge >= 0.3 is 0 Å². The van der Waals surface area contributed by atoms with E-state index in [9.17, 15) is 0 Å². The van der Waals surface area contributed by atoms with Crippen molar-refractivity contribution >= 4 is 0 Å². The Balaban J connectivity index is 1.85. The Morgan fingerprint density at radius 2 is 1.81 bits per heavy atom. The molecular formula is C18H21NO2. The summed E-state index contributed by atoms with van der Waals surface area (Å²) in [4.78, 5) is 0. The summed E-state index contributed by atoms with van der Waals surface area (Å²) in [7, 11) is 2.00. The zero-order valence-corrected chi connectivity index (χ0v) is 12.6. The molecule has 3 rings (SSSR count). The highest BCUT2D eigenvalue weighted by Crippen LogP contribution is 2.33. The molecule has 110 valence electrons. The third-order valence-corrected chi connectivity index (χ3v) is 4.00. The lowest BCUT2D eigenvalue weighted by Gasteiger charge is -2.22. The summed E-state index contributed by atoms with van der Waals surface area (Å²) >= 11 is 0. The summed E-state index contributed by atoms with van der Waals surface area (Å²) in [5, 5.41) is 3.40. The van der Waals surface area contributed by atoms with E-state index in [1.807, 2.05) is 13.1 Å². The van der Waals surface area contributed by atoms with Gasteiger partial charge in [-0.1, -0.05) is 30.3 Å². The van der Waals surface area contributed by atoms with Crippen molar-refractivity contribution < 1.29 is 9.47 Å². The Hall–Kier alpha value is -2.00. The molecule has 0 saturated carbocycles. The minimum atomic E-state index is 0.266. The lowest BCUT2D eigenvalue weighted by molar-refractivity contribution is 0.171. The van der Waals surface area contributed by atoms with Crippen LogP contribution >= 0.6 is 0 Å². The van der Waals surface area contributed by atoms with Gasteiger partial charge in [0.2, 0.25) is 0 Å². The fourth-order valence-corrected chi connectivity index (χ4v) is 2.72. The Morgan fingerprint density at radius 1 is 1.05 bits per heavy atom. The first-order chi connectivity index (χ1) is 10.3. The van der Waals surface area contributed by atoms with Crippen LogP contribution < -0.4 is 14.8 Å². The zero-order chi connectivity index (χ0) is 14.7.